The van der Waals surface area contributed by atoms with Crippen molar-refractivity contribution in [1.29, 1.82) is 0 Å². The Morgan fingerprint density at radius 1 is 0.955 bits per heavy atom. The molecule has 4 saturated carbocycles. The van der Waals surface area contributed by atoms with Crippen molar-refractivity contribution in [3.63, 3.8) is 0 Å². The van der Waals surface area contributed by atoms with Crippen LogP contribution in [0.4, 0.5) is 0 Å². The zero-order valence-electron chi connectivity index (χ0n) is 14.9. The van der Waals surface area contributed by atoms with Crippen LogP contribution in [0, 0.1) is 46.8 Å². The van der Waals surface area contributed by atoms with Crippen LogP contribution >= 0.6 is 0 Å². The second kappa shape index (κ2) is 5.67. The van der Waals surface area contributed by atoms with E-state index in [-0.39, 0.29) is 0 Å². The van der Waals surface area contributed by atoms with Crippen molar-refractivity contribution in [2.75, 3.05) is 0 Å². The van der Waals surface area contributed by atoms with Crippen LogP contribution in [0.3, 0.4) is 0 Å². The Morgan fingerprint density at radius 2 is 1.77 bits per heavy atom. The van der Waals surface area contributed by atoms with Gasteiger partial charge in [0, 0.05) is 0 Å². The fraction of sp³-hybridized carbons (Fsp3) is 0.909. The van der Waals surface area contributed by atoms with Crippen LogP contribution in [0.15, 0.2) is 12.7 Å². The highest BCUT2D eigenvalue weighted by Gasteiger charge is 2.56. The molecule has 0 heteroatoms. The third-order valence-corrected chi connectivity index (χ3v) is 8.86. The highest BCUT2D eigenvalue weighted by atomic mass is 14.6. The molecular formula is C22H36. The Hall–Kier alpha value is -0.260. The zero-order valence-corrected chi connectivity index (χ0v) is 14.9. The van der Waals surface area contributed by atoms with E-state index in [1.54, 1.807) is 32.1 Å². The average molecular weight is 301 g/mol. The molecule has 4 rings (SSSR count). The normalized spacial score (nSPS) is 54.2. The van der Waals surface area contributed by atoms with Crippen molar-refractivity contribution in [3.8, 4) is 0 Å². The zero-order chi connectivity index (χ0) is 15.3. The Labute approximate surface area is 138 Å². The molecule has 0 aromatic heterocycles. The van der Waals surface area contributed by atoms with Gasteiger partial charge in [0.05, 0.1) is 0 Å². The van der Waals surface area contributed by atoms with Gasteiger partial charge < -0.3 is 0 Å². The Balaban J connectivity index is 1.54. The maximum Gasteiger partial charge on any atom is -0.0263 e. The van der Waals surface area contributed by atoms with Crippen LogP contribution in [0.5, 0.6) is 0 Å². The lowest BCUT2D eigenvalue weighted by Crippen LogP contribution is -2.48. The standard InChI is InChI=1S/C22H36/c1-4-5-17-8-11-21-20-10-7-16-14-15(2)6-9-18(16)19(20)12-13-22(17,21)3/h4,15-21H,1,5-14H2,2-3H3. The van der Waals surface area contributed by atoms with Gasteiger partial charge in [-0.25, -0.2) is 0 Å². The quantitative estimate of drug-likeness (QED) is 0.513. The molecule has 22 heavy (non-hydrogen) atoms. The fourth-order valence-electron chi connectivity index (χ4n) is 7.79. The minimum atomic E-state index is 0.657. The van der Waals surface area contributed by atoms with E-state index in [0.717, 1.165) is 41.4 Å². The summed E-state index contributed by atoms with van der Waals surface area (Å²) in [5, 5.41) is 0. The predicted molar refractivity (Wildman–Crippen MR) is 94.6 cm³/mol. The van der Waals surface area contributed by atoms with Gasteiger partial charge in [-0.15, -0.1) is 6.58 Å². The molecule has 8 unspecified atom stereocenters. The molecule has 0 aliphatic heterocycles. The minimum absolute atomic E-state index is 0.657. The summed E-state index contributed by atoms with van der Waals surface area (Å²) in [7, 11) is 0. The summed E-state index contributed by atoms with van der Waals surface area (Å²) in [6.45, 7) is 9.19. The predicted octanol–water partition coefficient (Wildman–Crippen LogP) is 6.47. The Bertz CT molecular complexity index is 424. The Morgan fingerprint density at radius 3 is 2.59 bits per heavy atom. The highest BCUT2D eigenvalue weighted by Crippen LogP contribution is 2.64. The van der Waals surface area contributed by atoms with Gasteiger partial charge in [0.25, 0.3) is 0 Å². The van der Waals surface area contributed by atoms with E-state index in [2.05, 4.69) is 26.5 Å². The fourth-order valence-corrected chi connectivity index (χ4v) is 7.79. The summed E-state index contributed by atoms with van der Waals surface area (Å²) < 4.78 is 0. The first kappa shape index (κ1) is 15.3. The van der Waals surface area contributed by atoms with Gasteiger partial charge in [-0.2, -0.15) is 0 Å². The van der Waals surface area contributed by atoms with Gasteiger partial charge in [0.15, 0.2) is 0 Å². The van der Waals surface area contributed by atoms with Crippen LogP contribution in [0.2, 0.25) is 0 Å². The van der Waals surface area contributed by atoms with Crippen molar-refractivity contribution in [3.05, 3.63) is 12.7 Å². The first-order chi connectivity index (χ1) is 10.6. The topological polar surface area (TPSA) is 0 Å². The van der Waals surface area contributed by atoms with Gasteiger partial charge in [-0.05, 0) is 105 Å². The summed E-state index contributed by atoms with van der Waals surface area (Å²) in [4.78, 5) is 0. The molecule has 8 atom stereocenters. The third-order valence-electron chi connectivity index (χ3n) is 8.86. The molecule has 0 spiro atoms. The maximum absolute atomic E-state index is 4.04. The summed E-state index contributed by atoms with van der Waals surface area (Å²) in [5.41, 5.74) is 0.657. The second-order valence-corrected chi connectivity index (χ2v) is 9.70. The molecule has 0 saturated heterocycles. The lowest BCUT2D eigenvalue weighted by molar-refractivity contribution is -0.0666. The van der Waals surface area contributed by atoms with E-state index >= 15 is 0 Å². The molecule has 0 radical (unpaired) electrons. The number of hydrogen-bond acceptors (Lipinski definition) is 0. The van der Waals surface area contributed by atoms with E-state index in [9.17, 15) is 0 Å². The second-order valence-electron chi connectivity index (χ2n) is 9.70. The van der Waals surface area contributed by atoms with Gasteiger partial charge in [-0.3, -0.25) is 0 Å². The lowest BCUT2D eigenvalue weighted by Gasteiger charge is -2.56. The molecule has 4 aliphatic carbocycles. The van der Waals surface area contributed by atoms with E-state index < -0.39 is 0 Å². The minimum Gasteiger partial charge on any atom is -0.103 e. The molecule has 0 nitrogen and oxygen atoms in total. The van der Waals surface area contributed by atoms with E-state index in [1.807, 2.05) is 0 Å². The molecule has 124 valence electrons. The van der Waals surface area contributed by atoms with Gasteiger partial charge in [0.1, 0.15) is 0 Å². The number of hydrogen-bond donors (Lipinski definition) is 0. The molecule has 0 N–H and O–H groups in total. The summed E-state index contributed by atoms with van der Waals surface area (Å²) in [6, 6.07) is 0. The van der Waals surface area contributed by atoms with Crippen molar-refractivity contribution in [2.45, 2.75) is 78.1 Å². The molecule has 4 fully saturated rings. The van der Waals surface area contributed by atoms with Crippen LogP contribution in [-0.2, 0) is 0 Å². The van der Waals surface area contributed by atoms with E-state index in [4.69, 9.17) is 0 Å². The smallest absolute Gasteiger partial charge is 0.0263 e. The molecule has 0 aromatic carbocycles. The molecule has 0 heterocycles. The van der Waals surface area contributed by atoms with Crippen LogP contribution in [0.25, 0.3) is 0 Å². The largest absolute Gasteiger partial charge is 0.103 e. The van der Waals surface area contributed by atoms with Crippen LogP contribution in [-0.4, -0.2) is 0 Å². The first-order valence-corrected chi connectivity index (χ1v) is 10.2. The number of rotatable bonds is 2. The number of fused-ring (bicyclic) bond motifs is 5. The monoisotopic (exact) mass is 300 g/mol. The molecule has 4 aliphatic rings. The SMILES string of the molecule is C=CCC1CCC2C3CCC4CC(C)CCC4C3CCC12C. The van der Waals surface area contributed by atoms with Crippen LogP contribution < -0.4 is 0 Å². The van der Waals surface area contributed by atoms with Crippen LogP contribution in [0.1, 0.15) is 78.1 Å². The summed E-state index contributed by atoms with van der Waals surface area (Å²) in [6.07, 6.45) is 17.3. The van der Waals surface area contributed by atoms with Crippen molar-refractivity contribution >= 4 is 0 Å². The van der Waals surface area contributed by atoms with Gasteiger partial charge in [0.2, 0.25) is 0 Å². The van der Waals surface area contributed by atoms with Crippen molar-refractivity contribution < 1.29 is 0 Å². The molecular weight excluding hydrogens is 264 g/mol. The maximum atomic E-state index is 4.04. The third kappa shape index (κ3) is 2.23. The first-order valence-electron chi connectivity index (χ1n) is 10.2. The molecule has 0 amide bonds. The lowest BCUT2D eigenvalue weighted by atomic mass is 9.49. The van der Waals surface area contributed by atoms with Crippen molar-refractivity contribution in [1.82, 2.24) is 0 Å². The summed E-state index contributed by atoms with van der Waals surface area (Å²) in [5.74, 6) is 7.40. The van der Waals surface area contributed by atoms with E-state index in [0.29, 0.717) is 5.41 Å². The van der Waals surface area contributed by atoms with Crippen molar-refractivity contribution in [2.24, 2.45) is 46.8 Å². The molecule has 0 bridgehead atoms. The van der Waals surface area contributed by atoms with Gasteiger partial charge >= 0.3 is 0 Å². The average Bonchev–Trinajstić information content (AvgIpc) is 2.84. The summed E-state index contributed by atoms with van der Waals surface area (Å²) >= 11 is 0. The van der Waals surface area contributed by atoms with E-state index in [1.165, 1.54) is 32.1 Å². The Kier molecular flexibility index (Phi) is 3.94. The van der Waals surface area contributed by atoms with Gasteiger partial charge in [-0.1, -0.05) is 26.3 Å². The highest BCUT2D eigenvalue weighted by molar-refractivity contribution is 5.06. The molecule has 0 aromatic rings. The number of allylic oxidation sites excluding steroid dienone is 1.